The van der Waals surface area contributed by atoms with Crippen LogP contribution in [0.25, 0.3) is 0 Å². The maximum Gasteiger partial charge on any atom is 0.268 e. The predicted octanol–water partition coefficient (Wildman–Crippen LogP) is 1.87. The molecule has 2 nitrogen and oxygen atoms in total. The monoisotopic (exact) mass is 173 g/mol. The Morgan fingerprint density at radius 3 is 2.64 bits per heavy atom. The lowest BCUT2D eigenvalue weighted by molar-refractivity contribution is 0.301. The average molecular weight is 173 g/mol. The Labute approximate surface area is 70.5 Å². The lowest BCUT2D eigenvalue weighted by atomic mass is 10.3. The van der Waals surface area contributed by atoms with Gasteiger partial charge in [-0.25, -0.2) is 0 Å². The molecule has 1 aliphatic rings. The lowest BCUT2D eigenvalue weighted by Crippen LogP contribution is -2.55. The quantitative estimate of drug-likeness (QED) is 0.658. The molecule has 1 fully saturated rings. The van der Waals surface area contributed by atoms with Crippen LogP contribution < -0.4 is 4.98 Å². The molecular formula is C8H19NOSi. The number of nitrogens with one attached hydrogen (secondary N) is 1. The summed E-state index contributed by atoms with van der Waals surface area (Å²) in [4.78, 5) is 3.60. The molecule has 1 atom stereocenters. The fourth-order valence-corrected chi connectivity index (χ4v) is 4.98. The normalized spacial score (nSPS) is 32.2. The van der Waals surface area contributed by atoms with Crippen LogP contribution in [-0.4, -0.2) is 21.6 Å². The predicted molar refractivity (Wildman–Crippen MR) is 49.9 cm³/mol. The molecule has 0 aliphatic carbocycles. The van der Waals surface area contributed by atoms with Gasteiger partial charge in [0.25, 0.3) is 8.48 Å². The minimum absolute atomic E-state index is 0.882. The van der Waals surface area contributed by atoms with Gasteiger partial charge in [0, 0.05) is 6.61 Å². The van der Waals surface area contributed by atoms with Crippen molar-refractivity contribution in [2.75, 3.05) is 13.2 Å². The molecule has 0 radical (unpaired) electrons. The van der Waals surface area contributed by atoms with E-state index in [4.69, 9.17) is 4.43 Å². The molecule has 1 aliphatic heterocycles. The second kappa shape index (κ2) is 4.23. The second-order valence-electron chi connectivity index (χ2n) is 3.16. The van der Waals surface area contributed by atoms with Crippen LogP contribution >= 0.6 is 0 Å². The largest absolute Gasteiger partial charge is 0.403 e. The number of rotatable bonds is 3. The molecule has 0 bridgehead atoms. The highest BCUT2D eigenvalue weighted by Crippen LogP contribution is 2.20. The summed E-state index contributed by atoms with van der Waals surface area (Å²) in [7, 11) is -1.41. The highest BCUT2D eigenvalue weighted by Gasteiger charge is 2.34. The molecule has 0 aromatic rings. The zero-order valence-corrected chi connectivity index (χ0v) is 8.65. The lowest BCUT2D eigenvalue weighted by Gasteiger charge is -2.34. The van der Waals surface area contributed by atoms with Gasteiger partial charge in [0.15, 0.2) is 0 Å². The van der Waals surface area contributed by atoms with E-state index in [-0.39, 0.29) is 0 Å². The standard InChI is InChI=1S/C8H19NOSi/c1-3-10-11(4-2)8-6-5-7-9-11/h9H,3-8H2,1-2H3. The maximum atomic E-state index is 5.85. The summed E-state index contributed by atoms with van der Waals surface area (Å²) in [5.74, 6) is 0. The smallest absolute Gasteiger partial charge is 0.268 e. The third-order valence-electron chi connectivity index (χ3n) is 2.45. The van der Waals surface area contributed by atoms with Gasteiger partial charge in [-0.05, 0) is 32.0 Å². The van der Waals surface area contributed by atoms with Crippen molar-refractivity contribution < 1.29 is 4.43 Å². The molecule has 66 valence electrons. The van der Waals surface area contributed by atoms with Gasteiger partial charge < -0.3 is 9.41 Å². The van der Waals surface area contributed by atoms with Crippen LogP contribution in [0.2, 0.25) is 12.1 Å². The first kappa shape index (κ1) is 9.23. The third kappa shape index (κ3) is 2.29. The third-order valence-corrected chi connectivity index (χ3v) is 6.49. The number of hydrogen-bond donors (Lipinski definition) is 1. The Balaban J connectivity index is 2.42. The van der Waals surface area contributed by atoms with Crippen molar-refractivity contribution in [3.63, 3.8) is 0 Å². The first-order chi connectivity index (χ1) is 5.33. The van der Waals surface area contributed by atoms with E-state index >= 15 is 0 Å². The van der Waals surface area contributed by atoms with Crippen molar-refractivity contribution in [3.8, 4) is 0 Å². The first-order valence-electron chi connectivity index (χ1n) is 4.72. The fraction of sp³-hybridized carbons (Fsp3) is 1.00. The SMILES string of the molecule is CCO[Si]1(CC)CCCCN1. The van der Waals surface area contributed by atoms with E-state index in [2.05, 4.69) is 18.8 Å². The van der Waals surface area contributed by atoms with Crippen LogP contribution in [0.15, 0.2) is 0 Å². The Bertz CT molecular complexity index is 107. The van der Waals surface area contributed by atoms with Crippen molar-refractivity contribution in [1.29, 1.82) is 0 Å². The fourth-order valence-electron chi connectivity index (χ4n) is 1.74. The molecule has 0 aromatic carbocycles. The molecule has 0 spiro atoms. The average Bonchev–Trinajstić information content (AvgIpc) is 2.07. The van der Waals surface area contributed by atoms with Gasteiger partial charge in [0.1, 0.15) is 0 Å². The second-order valence-corrected chi connectivity index (χ2v) is 7.00. The summed E-state index contributed by atoms with van der Waals surface area (Å²) >= 11 is 0. The first-order valence-corrected chi connectivity index (χ1v) is 7.04. The van der Waals surface area contributed by atoms with Crippen molar-refractivity contribution >= 4 is 8.48 Å². The van der Waals surface area contributed by atoms with Crippen LogP contribution in [0.3, 0.4) is 0 Å². The van der Waals surface area contributed by atoms with Crippen molar-refractivity contribution in [2.45, 2.75) is 38.8 Å². The van der Waals surface area contributed by atoms with E-state index in [1.54, 1.807) is 0 Å². The molecule has 0 aromatic heterocycles. The molecule has 1 heterocycles. The highest BCUT2D eigenvalue weighted by molar-refractivity contribution is 6.71. The highest BCUT2D eigenvalue weighted by atomic mass is 28.4. The molecule has 0 amide bonds. The van der Waals surface area contributed by atoms with Crippen LogP contribution in [0.1, 0.15) is 26.7 Å². The zero-order valence-electron chi connectivity index (χ0n) is 7.65. The molecule has 11 heavy (non-hydrogen) atoms. The molecule has 3 heteroatoms. The van der Waals surface area contributed by atoms with Gasteiger partial charge in [0.05, 0.1) is 0 Å². The minimum Gasteiger partial charge on any atom is -0.403 e. The molecular weight excluding hydrogens is 154 g/mol. The zero-order chi connectivity index (χ0) is 8.16. The molecule has 1 saturated heterocycles. The maximum absolute atomic E-state index is 5.85. The van der Waals surface area contributed by atoms with E-state index < -0.39 is 8.48 Å². The summed E-state index contributed by atoms with van der Waals surface area (Å²) < 4.78 is 5.85. The minimum atomic E-state index is -1.41. The van der Waals surface area contributed by atoms with E-state index in [9.17, 15) is 0 Å². The van der Waals surface area contributed by atoms with Gasteiger partial charge in [0.2, 0.25) is 0 Å². The van der Waals surface area contributed by atoms with Crippen LogP contribution in [0.4, 0.5) is 0 Å². The Morgan fingerprint density at radius 1 is 1.36 bits per heavy atom. The van der Waals surface area contributed by atoms with Gasteiger partial charge >= 0.3 is 0 Å². The summed E-state index contributed by atoms with van der Waals surface area (Å²) in [6.07, 6.45) is 2.70. The number of hydrogen-bond acceptors (Lipinski definition) is 2. The van der Waals surface area contributed by atoms with Crippen LogP contribution in [0, 0.1) is 0 Å². The van der Waals surface area contributed by atoms with Crippen LogP contribution in [0.5, 0.6) is 0 Å². The Kier molecular flexibility index (Phi) is 3.55. The van der Waals surface area contributed by atoms with Gasteiger partial charge in [-0.15, -0.1) is 0 Å². The van der Waals surface area contributed by atoms with Gasteiger partial charge in [-0.3, -0.25) is 0 Å². The summed E-state index contributed by atoms with van der Waals surface area (Å²) in [5, 5.41) is 0. The molecule has 0 saturated carbocycles. The summed E-state index contributed by atoms with van der Waals surface area (Å²) in [6.45, 7) is 6.41. The van der Waals surface area contributed by atoms with E-state index in [1.165, 1.54) is 31.5 Å². The Hall–Kier alpha value is 0.137. The molecule has 1 unspecified atom stereocenters. The van der Waals surface area contributed by atoms with E-state index in [0.29, 0.717) is 0 Å². The summed E-state index contributed by atoms with van der Waals surface area (Å²) in [5.41, 5.74) is 0. The van der Waals surface area contributed by atoms with Gasteiger partial charge in [-0.2, -0.15) is 0 Å². The van der Waals surface area contributed by atoms with E-state index in [1.807, 2.05) is 0 Å². The van der Waals surface area contributed by atoms with Crippen LogP contribution in [-0.2, 0) is 4.43 Å². The van der Waals surface area contributed by atoms with E-state index in [0.717, 1.165) is 6.61 Å². The van der Waals surface area contributed by atoms with Gasteiger partial charge in [-0.1, -0.05) is 13.3 Å². The molecule has 1 rings (SSSR count). The van der Waals surface area contributed by atoms with Crippen molar-refractivity contribution in [3.05, 3.63) is 0 Å². The Morgan fingerprint density at radius 2 is 2.18 bits per heavy atom. The topological polar surface area (TPSA) is 21.3 Å². The van der Waals surface area contributed by atoms with Crippen molar-refractivity contribution in [2.24, 2.45) is 0 Å². The molecule has 1 N–H and O–H groups in total. The summed E-state index contributed by atoms with van der Waals surface area (Å²) in [6, 6.07) is 2.54. The van der Waals surface area contributed by atoms with Crippen molar-refractivity contribution in [1.82, 2.24) is 4.98 Å².